The number of hydrogen-bond donors (Lipinski definition) is 1. The largest absolute Gasteiger partial charge is 0.459 e. The van der Waals surface area contributed by atoms with Crippen molar-refractivity contribution in [2.45, 2.75) is 40.2 Å². The molecule has 0 radical (unpaired) electrons. The molecule has 0 bridgehead atoms. The van der Waals surface area contributed by atoms with Gasteiger partial charge in [0.1, 0.15) is 11.5 Å². The van der Waals surface area contributed by atoms with Crippen molar-refractivity contribution in [1.29, 1.82) is 0 Å². The second-order valence-corrected chi connectivity index (χ2v) is 6.17. The van der Waals surface area contributed by atoms with E-state index >= 15 is 0 Å². The number of aryl methyl sites for hydroxylation is 2. The van der Waals surface area contributed by atoms with Crippen LogP contribution >= 0.6 is 15.9 Å². The van der Waals surface area contributed by atoms with Crippen LogP contribution in [0, 0.1) is 13.8 Å². The van der Waals surface area contributed by atoms with Gasteiger partial charge in [-0.3, -0.25) is 0 Å². The summed E-state index contributed by atoms with van der Waals surface area (Å²) >= 11 is 3.65. The molecule has 1 heterocycles. The van der Waals surface area contributed by atoms with Gasteiger partial charge in [-0.15, -0.1) is 0 Å². The zero-order valence-corrected chi connectivity index (χ0v) is 14.2. The highest BCUT2D eigenvalue weighted by Crippen LogP contribution is 2.34. The molecular weight excluding hydrogens is 314 g/mol. The van der Waals surface area contributed by atoms with Gasteiger partial charge in [-0.05, 0) is 63.1 Å². The van der Waals surface area contributed by atoms with E-state index in [9.17, 15) is 0 Å². The molecule has 1 unspecified atom stereocenters. The zero-order chi connectivity index (χ0) is 14.7. The number of furan rings is 1. The molecule has 2 rings (SSSR count). The fourth-order valence-electron chi connectivity index (χ4n) is 2.41. The Morgan fingerprint density at radius 1 is 1.25 bits per heavy atom. The van der Waals surface area contributed by atoms with Gasteiger partial charge in [0.25, 0.3) is 0 Å². The normalized spacial score (nSPS) is 12.7. The molecule has 1 N–H and O–H groups in total. The maximum Gasteiger partial charge on any atom is 0.135 e. The standard InChI is InChI=1S/C17H22BrNO/c1-5-8-19-13(4)15-6-7-16(20-15)17-12(3)9-11(2)10-14(17)18/h6-7,9-10,13,19H,5,8H2,1-4H3. The van der Waals surface area contributed by atoms with E-state index < -0.39 is 0 Å². The molecule has 1 aromatic carbocycles. The number of hydrogen-bond acceptors (Lipinski definition) is 2. The van der Waals surface area contributed by atoms with Crippen LogP contribution in [-0.2, 0) is 0 Å². The van der Waals surface area contributed by atoms with Crippen molar-refractivity contribution in [3.8, 4) is 11.3 Å². The van der Waals surface area contributed by atoms with Gasteiger partial charge < -0.3 is 9.73 Å². The van der Waals surface area contributed by atoms with Gasteiger partial charge in [0.15, 0.2) is 0 Å². The highest BCUT2D eigenvalue weighted by atomic mass is 79.9. The lowest BCUT2D eigenvalue weighted by atomic mass is 10.0. The molecule has 0 saturated heterocycles. The van der Waals surface area contributed by atoms with Crippen molar-refractivity contribution in [2.75, 3.05) is 6.54 Å². The van der Waals surface area contributed by atoms with E-state index in [4.69, 9.17) is 4.42 Å². The van der Waals surface area contributed by atoms with E-state index in [1.54, 1.807) is 0 Å². The molecule has 0 aliphatic carbocycles. The Balaban J connectivity index is 2.29. The monoisotopic (exact) mass is 335 g/mol. The SMILES string of the molecule is CCCNC(C)c1ccc(-c2c(C)cc(C)cc2Br)o1. The van der Waals surface area contributed by atoms with Crippen LogP contribution in [0.3, 0.4) is 0 Å². The van der Waals surface area contributed by atoms with Crippen molar-refractivity contribution >= 4 is 15.9 Å². The Morgan fingerprint density at radius 3 is 2.65 bits per heavy atom. The predicted molar refractivity (Wildman–Crippen MR) is 88.0 cm³/mol. The quantitative estimate of drug-likeness (QED) is 0.792. The van der Waals surface area contributed by atoms with Gasteiger partial charge >= 0.3 is 0 Å². The van der Waals surface area contributed by atoms with Gasteiger partial charge in [-0.2, -0.15) is 0 Å². The lowest BCUT2D eigenvalue weighted by molar-refractivity contribution is 0.438. The van der Waals surface area contributed by atoms with E-state index in [2.05, 4.69) is 73.2 Å². The highest BCUT2D eigenvalue weighted by Gasteiger charge is 2.14. The van der Waals surface area contributed by atoms with Crippen molar-refractivity contribution in [2.24, 2.45) is 0 Å². The summed E-state index contributed by atoms with van der Waals surface area (Å²) in [6, 6.07) is 8.67. The van der Waals surface area contributed by atoms with Crippen LogP contribution in [-0.4, -0.2) is 6.54 Å². The second-order valence-electron chi connectivity index (χ2n) is 5.32. The molecule has 0 spiro atoms. The third-order valence-electron chi connectivity index (χ3n) is 3.43. The van der Waals surface area contributed by atoms with E-state index in [1.165, 1.54) is 11.1 Å². The third-order valence-corrected chi connectivity index (χ3v) is 4.06. The number of rotatable bonds is 5. The molecule has 0 amide bonds. The molecule has 108 valence electrons. The Bertz CT molecular complexity index is 565. The summed E-state index contributed by atoms with van der Waals surface area (Å²) in [6.45, 7) is 9.53. The van der Waals surface area contributed by atoms with Crippen molar-refractivity contribution < 1.29 is 4.42 Å². The van der Waals surface area contributed by atoms with Crippen LogP contribution in [0.25, 0.3) is 11.3 Å². The average Bonchev–Trinajstić information content (AvgIpc) is 2.84. The first-order chi connectivity index (χ1) is 9.52. The summed E-state index contributed by atoms with van der Waals surface area (Å²) in [7, 11) is 0. The van der Waals surface area contributed by atoms with E-state index in [0.29, 0.717) is 0 Å². The van der Waals surface area contributed by atoms with Crippen LogP contribution in [0.15, 0.2) is 33.2 Å². The molecular formula is C17H22BrNO. The Kier molecular flexibility index (Phi) is 5.06. The van der Waals surface area contributed by atoms with Crippen LogP contribution < -0.4 is 5.32 Å². The van der Waals surface area contributed by atoms with Gasteiger partial charge in [-0.25, -0.2) is 0 Å². The molecule has 20 heavy (non-hydrogen) atoms. The van der Waals surface area contributed by atoms with E-state index in [-0.39, 0.29) is 6.04 Å². The number of benzene rings is 1. The smallest absolute Gasteiger partial charge is 0.135 e. The fraction of sp³-hybridized carbons (Fsp3) is 0.412. The van der Waals surface area contributed by atoms with E-state index in [1.807, 2.05) is 0 Å². The summed E-state index contributed by atoms with van der Waals surface area (Å²) in [4.78, 5) is 0. The number of nitrogens with one attached hydrogen (secondary N) is 1. The highest BCUT2D eigenvalue weighted by molar-refractivity contribution is 9.10. The molecule has 3 heteroatoms. The molecule has 0 fully saturated rings. The molecule has 2 nitrogen and oxygen atoms in total. The van der Waals surface area contributed by atoms with Crippen LogP contribution in [0.4, 0.5) is 0 Å². The Morgan fingerprint density at radius 2 is 2.00 bits per heavy atom. The summed E-state index contributed by atoms with van der Waals surface area (Å²) in [5.74, 6) is 1.91. The van der Waals surface area contributed by atoms with Gasteiger partial charge in [0, 0.05) is 10.0 Å². The van der Waals surface area contributed by atoms with Crippen LogP contribution in [0.5, 0.6) is 0 Å². The first kappa shape index (κ1) is 15.3. The zero-order valence-electron chi connectivity index (χ0n) is 12.6. The minimum atomic E-state index is 0.244. The summed E-state index contributed by atoms with van der Waals surface area (Å²) < 4.78 is 7.13. The van der Waals surface area contributed by atoms with Crippen molar-refractivity contribution in [3.63, 3.8) is 0 Å². The first-order valence-corrected chi connectivity index (χ1v) is 7.92. The van der Waals surface area contributed by atoms with Crippen LogP contribution in [0.2, 0.25) is 0 Å². The molecule has 0 saturated carbocycles. The number of halogens is 1. The molecule has 2 aromatic rings. The molecule has 1 aromatic heterocycles. The molecule has 1 atom stereocenters. The van der Waals surface area contributed by atoms with Crippen molar-refractivity contribution in [1.82, 2.24) is 5.32 Å². The third kappa shape index (κ3) is 3.33. The maximum atomic E-state index is 6.04. The lowest BCUT2D eigenvalue weighted by Crippen LogP contribution is -2.18. The summed E-state index contributed by atoms with van der Waals surface area (Å²) in [6.07, 6.45) is 1.13. The minimum Gasteiger partial charge on any atom is -0.459 e. The predicted octanol–water partition coefficient (Wildman–Crippen LogP) is 5.39. The molecule has 0 aliphatic rings. The minimum absolute atomic E-state index is 0.244. The fourth-order valence-corrected chi connectivity index (χ4v) is 3.28. The van der Waals surface area contributed by atoms with Crippen molar-refractivity contribution in [3.05, 3.63) is 45.6 Å². The topological polar surface area (TPSA) is 25.2 Å². The summed E-state index contributed by atoms with van der Waals surface area (Å²) in [5, 5.41) is 3.45. The maximum absolute atomic E-state index is 6.04. The Hall–Kier alpha value is -1.06. The second kappa shape index (κ2) is 6.59. The molecule has 0 aliphatic heterocycles. The van der Waals surface area contributed by atoms with Gasteiger partial charge in [-0.1, -0.05) is 28.9 Å². The average molecular weight is 336 g/mol. The summed E-state index contributed by atoms with van der Waals surface area (Å²) in [5.41, 5.74) is 3.62. The van der Waals surface area contributed by atoms with Crippen LogP contribution in [0.1, 0.15) is 43.2 Å². The van der Waals surface area contributed by atoms with E-state index in [0.717, 1.165) is 34.5 Å². The lowest BCUT2D eigenvalue weighted by Gasteiger charge is -2.11. The Labute approximate surface area is 129 Å². The first-order valence-electron chi connectivity index (χ1n) is 7.13. The van der Waals surface area contributed by atoms with Gasteiger partial charge in [0.2, 0.25) is 0 Å². The van der Waals surface area contributed by atoms with Gasteiger partial charge in [0.05, 0.1) is 6.04 Å².